The minimum Gasteiger partial charge on any atom is -0.341 e. The third kappa shape index (κ3) is 2.28. The summed E-state index contributed by atoms with van der Waals surface area (Å²) in [6.07, 6.45) is 5.63. The molecule has 0 amide bonds. The SMILES string of the molecule is CCCC(C)Sc1ncnc2nc[nH]c12. The molecule has 0 spiro atoms. The Morgan fingerprint density at radius 3 is 3.07 bits per heavy atom. The number of nitrogens with one attached hydrogen (secondary N) is 1. The van der Waals surface area contributed by atoms with Crippen LogP contribution in [0.15, 0.2) is 17.7 Å². The van der Waals surface area contributed by atoms with Crippen molar-refractivity contribution < 1.29 is 0 Å². The van der Waals surface area contributed by atoms with Crippen LogP contribution in [0.3, 0.4) is 0 Å². The molecule has 0 aliphatic rings. The molecule has 0 fully saturated rings. The molecule has 0 bridgehead atoms. The summed E-state index contributed by atoms with van der Waals surface area (Å²) in [7, 11) is 0. The molecule has 2 aromatic rings. The van der Waals surface area contributed by atoms with Crippen molar-refractivity contribution >= 4 is 22.9 Å². The average molecular weight is 222 g/mol. The summed E-state index contributed by atoms with van der Waals surface area (Å²) >= 11 is 1.78. The number of aromatic nitrogens is 4. The Balaban J connectivity index is 2.23. The van der Waals surface area contributed by atoms with E-state index < -0.39 is 0 Å². The summed E-state index contributed by atoms with van der Waals surface area (Å²) in [5.41, 5.74) is 1.70. The lowest BCUT2D eigenvalue weighted by Crippen LogP contribution is -1.96. The van der Waals surface area contributed by atoms with Crippen LogP contribution in [0.1, 0.15) is 26.7 Å². The van der Waals surface area contributed by atoms with Gasteiger partial charge < -0.3 is 4.98 Å². The van der Waals surface area contributed by atoms with E-state index in [1.807, 2.05) is 0 Å². The fourth-order valence-electron chi connectivity index (χ4n) is 1.49. The number of hydrogen-bond donors (Lipinski definition) is 1. The molecule has 1 atom stereocenters. The van der Waals surface area contributed by atoms with Crippen molar-refractivity contribution in [1.29, 1.82) is 0 Å². The topological polar surface area (TPSA) is 54.5 Å². The maximum atomic E-state index is 4.28. The van der Waals surface area contributed by atoms with Crippen LogP contribution < -0.4 is 0 Å². The number of rotatable bonds is 4. The Bertz CT molecular complexity index is 440. The van der Waals surface area contributed by atoms with E-state index in [4.69, 9.17) is 0 Å². The van der Waals surface area contributed by atoms with Crippen molar-refractivity contribution in [2.75, 3.05) is 0 Å². The lowest BCUT2D eigenvalue weighted by atomic mass is 10.3. The molecular formula is C10H14N4S. The van der Waals surface area contributed by atoms with Crippen molar-refractivity contribution in [3.63, 3.8) is 0 Å². The quantitative estimate of drug-likeness (QED) is 0.638. The molecule has 0 aliphatic heterocycles. The average Bonchev–Trinajstić information content (AvgIpc) is 2.67. The molecule has 2 aromatic heterocycles. The number of thioether (sulfide) groups is 1. The van der Waals surface area contributed by atoms with Crippen molar-refractivity contribution in [3.05, 3.63) is 12.7 Å². The molecule has 0 aliphatic carbocycles. The van der Waals surface area contributed by atoms with E-state index in [2.05, 4.69) is 33.8 Å². The molecule has 15 heavy (non-hydrogen) atoms. The highest BCUT2D eigenvalue weighted by Gasteiger charge is 2.09. The van der Waals surface area contributed by atoms with Crippen LogP contribution in [0.4, 0.5) is 0 Å². The maximum absolute atomic E-state index is 4.28. The molecule has 5 heteroatoms. The smallest absolute Gasteiger partial charge is 0.181 e. The maximum Gasteiger partial charge on any atom is 0.181 e. The predicted octanol–water partition coefficient (Wildman–Crippen LogP) is 2.63. The Morgan fingerprint density at radius 1 is 1.40 bits per heavy atom. The van der Waals surface area contributed by atoms with Gasteiger partial charge in [0.2, 0.25) is 0 Å². The summed E-state index contributed by atoms with van der Waals surface area (Å²) in [4.78, 5) is 15.6. The lowest BCUT2D eigenvalue weighted by molar-refractivity contribution is 0.785. The number of fused-ring (bicyclic) bond motifs is 1. The van der Waals surface area contributed by atoms with E-state index in [1.54, 1.807) is 24.4 Å². The van der Waals surface area contributed by atoms with Gasteiger partial charge in [0, 0.05) is 5.25 Å². The van der Waals surface area contributed by atoms with E-state index in [0.29, 0.717) is 5.25 Å². The molecule has 1 unspecified atom stereocenters. The molecule has 2 heterocycles. The number of H-pyrrole nitrogens is 1. The number of imidazole rings is 1. The van der Waals surface area contributed by atoms with Crippen LogP contribution in [-0.4, -0.2) is 25.2 Å². The molecule has 4 nitrogen and oxygen atoms in total. The van der Waals surface area contributed by atoms with Crippen LogP contribution in [0.25, 0.3) is 11.2 Å². The fraction of sp³-hybridized carbons (Fsp3) is 0.500. The zero-order chi connectivity index (χ0) is 10.7. The standard InChI is InChI=1S/C10H14N4S/c1-3-4-7(2)15-10-8-9(12-5-11-8)13-6-14-10/h5-7H,3-4H2,1-2H3,(H,11,12,13,14). The van der Waals surface area contributed by atoms with Gasteiger partial charge >= 0.3 is 0 Å². The summed E-state index contributed by atoms with van der Waals surface area (Å²) < 4.78 is 0. The first-order chi connectivity index (χ1) is 7.31. The van der Waals surface area contributed by atoms with Gasteiger partial charge in [-0.2, -0.15) is 0 Å². The Hall–Kier alpha value is -1.10. The van der Waals surface area contributed by atoms with Crippen molar-refractivity contribution in [2.45, 2.75) is 37.0 Å². The van der Waals surface area contributed by atoms with Crippen molar-refractivity contribution in [1.82, 2.24) is 19.9 Å². The Kier molecular flexibility index (Phi) is 3.20. The van der Waals surface area contributed by atoms with Gasteiger partial charge in [0.1, 0.15) is 16.9 Å². The second-order valence-electron chi connectivity index (χ2n) is 3.50. The number of aromatic amines is 1. The van der Waals surface area contributed by atoms with Crippen molar-refractivity contribution in [2.24, 2.45) is 0 Å². The largest absolute Gasteiger partial charge is 0.341 e. The Morgan fingerprint density at radius 2 is 2.27 bits per heavy atom. The van der Waals surface area contributed by atoms with Crippen LogP contribution in [-0.2, 0) is 0 Å². The zero-order valence-electron chi connectivity index (χ0n) is 8.90. The summed E-state index contributed by atoms with van der Waals surface area (Å²) in [6.45, 7) is 4.42. The molecular weight excluding hydrogens is 208 g/mol. The number of nitrogens with zero attached hydrogens (tertiary/aromatic N) is 3. The van der Waals surface area contributed by atoms with E-state index in [-0.39, 0.29) is 0 Å². The highest BCUT2D eigenvalue weighted by Crippen LogP contribution is 2.27. The van der Waals surface area contributed by atoms with E-state index in [0.717, 1.165) is 16.2 Å². The van der Waals surface area contributed by atoms with Crippen LogP contribution >= 0.6 is 11.8 Å². The third-order valence-electron chi connectivity index (χ3n) is 2.20. The molecule has 1 N–H and O–H groups in total. The van der Waals surface area contributed by atoms with Gasteiger partial charge in [0.05, 0.1) is 6.33 Å². The summed E-state index contributed by atoms with van der Waals surface area (Å²) in [5, 5.41) is 1.58. The molecule has 0 saturated carbocycles. The van der Waals surface area contributed by atoms with Crippen LogP contribution in [0.2, 0.25) is 0 Å². The highest BCUT2D eigenvalue weighted by molar-refractivity contribution is 8.00. The molecule has 0 aromatic carbocycles. The molecule has 0 saturated heterocycles. The second kappa shape index (κ2) is 4.61. The van der Waals surface area contributed by atoms with Gasteiger partial charge in [-0.3, -0.25) is 0 Å². The van der Waals surface area contributed by atoms with Gasteiger partial charge in [0.15, 0.2) is 5.65 Å². The molecule has 80 valence electrons. The Labute approximate surface area is 92.9 Å². The fourth-order valence-corrected chi connectivity index (χ4v) is 2.60. The van der Waals surface area contributed by atoms with Crippen molar-refractivity contribution in [3.8, 4) is 0 Å². The number of hydrogen-bond acceptors (Lipinski definition) is 4. The lowest BCUT2D eigenvalue weighted by Gasteiger charge is -2.08. The van der Waals surface area contributed by atoms with E-state index >= 15 is 0 Å². The molecule has 2 rings (SSSR count). The zero-order valence-corrected chi connectivity index (χ0v) is 9.71. The highest BCUT2D eigenvalue weighted by atomic mass is 32.2. The van der Waals surface area contributed by atoms with E-state index in [9.17, 15) is 0 Å². The molecule has 0 radical (unpaired) electrons. The monoisotopic (exact) mass is 222 g/mol. The summed E-state index contributed by atoms with van der Waals surface area (Å²) in [5.74, 6) is 0. The minimum atomic E-state index is 0.580. The van der Waals surface area contributed by atoms with Gasteiger partial charge in [-0.15, -0.1) is 11.8 Å². The van der Waals surface area contributed by atoms with Gasteiger partial charge in [-0.05, 0) is 6.42 Å². The predicted molar refractivity (Wildman–Crippen MR) is 61.9 cm³/mol. The van der Waals surface area contributed by atoms with Gasteiger partial charge in [0.25, 0.3) is 0 Å². The normalized spacial score (nSPS) is 13.2. The first-order valence-corrected chi connectivity index (χ1v) is 6.00. The van der Waals surface area contributed by atoms with E-state index in [1.165, 1.54) is 12.8 Å². The first kappa shape index (κ1) is 10.4. The van der Waals surface area contributed by atoms with Gasteiger partial charge in [-0.25, -0.2) is 15.0 Å². The first-order valence-electron chi connectivity index (χ1n) is 5.12. The van der Waals surface area contributed by atoms with Crippen LogP contribution in [0.5, 0.6) is 0 Å². The minimum absolute atomic E-state index is 0.580. The van der Waals surface area contributed by atoms with Gasteiger partial charge in [-0.1, -0.05) is 20.3 Å². The van der Waals surface area contributed by atoms with Crippen LogP contribution in [0, 0.1) is 0 Å². The second-order valence-corrected chi connectivity index (χ2v) is 4.92. The summed E-state index contributed by atoms with van der Waals surface area (Å²) in [6, 6.07) is 0. The third-order valence-corrected chi connectivity index (χ3v) is 3.37.